The van der Waals surface area contributed by atoms with E-state index in [-0.39, 0.29) is 11.9 Å². The lowest BCUT2D eigenvalue weighted by Crippen LogP contribution is -2.37. The SMILES string of the molecule is Cc1ccc(C(=O)N(C)C(C)CC(N)=S)c(C)n1. The molecule has 1 aromatic rings. The average molecular weight is 265 g/mol. The lowest BCUT2D eigenvalue weighted by molar-refractivity contribution is 0.0747. The van der Waals surface area contributed by atoms with Gasteiger partial charge in [-0.3, -0.25) is 9.78 Å². The molecule has 18 heavy (non-hydrogen) atoms. The van der Waals surface area contributed by atoms with E-state index in [1.165, 1.54) is 0 Å². The summed E-state index contributed by atoms with van der Waals surface area (Å²) in [6, 6.07) is 3.63. The van der Waals surface area contributed by atoms with Gasteiger partial charge in [-0.15, -0.1) is 0 Å². The van der Waals surface area contributed by atoms with E-state index in [0.717, 1.165) is 11.4 Å². The highest BCUT2D eigenvalue weighted by atomic mass is 32.1. The van der Waals surface area contributed by atoms with Gasteiger partial charge in [0.1, 0.15) is 0 Å². The van der Waals surface area contributed by atoms with E-state index in [4.69, 9.17) is 18.0 Å². The summed E-state index contributed by atoms with van der Waals surface area (Å²) in [7, 11) is 1.75. The van der Waals surface area contributed by atoms with Crippen LogP contribution in [-0.4, -0.2) is 33.9 Å². The molecule has 0 fully saturated rings. The Labute approximate surface area is 113 Å². The highest BCUT2D eigenvalue weighted by Gasteiger charge is 2.19. The number of hydrogen-bond donors (Lipinski definition) is 1. The Hall–Kier alpha value is -1.49. The van der Waals surface area contributed by atoms with Crippen molar-refractivity contribution in [1.29, 1.82) is 0 Å². The van der Waals surface area contributed by atoms with Crippen molar-refractivity contribution < 1.29 is 4.79 Å². The quantitative estimate of drug-likeness (QED) is 0.844. The molecule has 0 aliphatic rings. The van der Waals surface area contributed by atoms with Gasteiger partial charge in [-0.05, 0) is 32.9 Å². The second-order valence-corrected chi connectivity index (χ2v) is 5.05. The van der Waals surface area contributed by atoms with Crippen molar-refractivity contribution in [1.82, 2.24) is 9.88 Å². The maximum atomic E-state index is 12.3. The Balaban J connectivity index is 2.89. The second-order valence-electron chi connectivity index (χ2n) is 4.52. The number of hydrogen-bond acceptors (Lipinski definition) is 3. The molecule has 0 aliphatic heterocycles. The van der Waals surface area contributed by atoms with Crippen LogP contribution in [0.5, 0.6) is 0 Å². The molecule has 1 aromatic heterocycles. The van der Waals surface area contributed by atoms with Gasteiger partial charge in [0, 0.05) is 25.2 Å². The predicted molar refractivity (Wildman–Crippen MR) is 76.7 cm³/mol. The number of aromatic nitrogens is 1. The van der Waals surface area contributed by atoms with Gasteiger partial charge in [0.2, 0.25) is 0 Å². The van der Waals surface area contributed by atoms with Crippen molar-refractivity contribution in [2.75, 3.05) is 7.05 Å². The minimum Gasteiger partial charge on any atom is -0.393 e. The minimum absolute atomic E-state index is 0.0179. The van der Waals surface area contributed by atoms with Crippen LogP contribution in [0.25, 0.3) is 0 Å². The van der Waals surface area contributed by atoms with Crippen LogP contribution in [0, 0.1) is 13.8 Å². The molecular weight excluding hydrogens is 246 g/mol. The van der Waals surface area contributed by atoms with Crippen LogP contribution in [0.2, 0.25) is 0 Å². The number of rotatable bonds is 4. The smallest absolute Gasteiger partial charge is 0.255 e. The van der Waals surface area contributed by atoms with Gasteiger partial charge in [0.25, 0.3) is 5.91 Å². The summed E-state index contributed by atoms with van der Waals surface area (Å²) in [5.74, 6) is -0.0521. The van der Waals surface area contributed by atoms with Crippen LogP contribution < -0.4 is 5.73 Å². The lowest BCUT2D eigenvalue weighted by atomic mass is 10.1. The fourth-order valence-electron chi connectivity index (χ4n) is 1.73. The topological polar surface area (TPSA) is 59.2 Å². The Morgan fingerprint density at radius 2 is 2.11 bits per heavy atom. The lowest BCUT2D eigenvalue weighted by Gasteiger charge is -2.25. The minimum atomic E-state index is -0.0521. The summed E-state index contributed by atoms with van der Waals surface area (Å²) < 4.78 is 0. The molecular formula is C13H19N3OS. The summed E-state index contributed by atoms with van der Waals surface area (Å²) in [6.07, 6.45) is 0.524. The predicted octanol–water partition coefficient (Wildman–Crippen LogP) is 1.84. The number of amides is 1. The molecule has 1 amide bonds. The second kappa shape index (κ2) is 5.91. The molecule has 1 rings (SSSR count). The van der Waals surface area contributed by atoms with E-state index in [1.807, 2.05) is 32.9 Å². The first-order valence-corrected chi connectivity index (χ1v) is 6.23. The van der Waals surface area contributed by atoms with E-state index in [9.17, 15) is 4.79 Å². The molecule has 4 nitrogen and oxygen atoms in total. The van der Waals surface area contributed by atoms with Crippen LogP contribution in [0.15, 0.2) is 12.1 Å². The summed E-state index contributed by atoms with van der Waals surface area (Å²) >= 11 is 4.86. The average Bonchev–Trinajstić information content (AvgIpc) is 2.26. The van der Waals surface area contributed by atoms with E-state index in [1.54, 1.807) is 11.9 Å². The Kier molecular flexibility index (Phi) is 4.78. The molecule has 5 heteroatoms. The third kappa shape index (κ3) is 3.50. The summed E-state index contributed by atoms with van der Waals surface area (Å²) in [5.41, 5.74) is 7.77. The van der Waals surface area contributed by atoms with Crippen LogP contribution >= 0.6 is 12.2 Å². The van der Waals surface area contributed by atoms with Gasteiger partial charge in [-0.1, -0.05) is 12.2 Å². The number of thiocarbonyl (C=S) groups is 1. The first-order chi connectivity index (χ1) is 8.32. The third-order valence-electron chi connectivity index (χ3n) is 2.93. The third-order valence-corrected chi connectivity index (χ3v) is 3.10. The molecule has 0 aliphatic carbocycles. The maximum Gasteiger partial charge on any atom is 0.255 e. The van der Waals surface area contributed by atoms with Crippen molar-refractivity contribution in [3.63, 3.8) is 0 Å². The summed E-state index contributed by atoms with van der Waals surface area (Å²) in [6.45, 7) is 5.67. The normalized spacial score (nSPS) is 12.0. The van der Waals surface area contributed by atoms with Crippen molar-refractivity contribution in [2.45, 2.75) is 33.2 Å². The van der Waals surface area contributed by atoms with Crippen molar-refractivity contribution in [2.24, 2.45) is 5.73 Å². The van der Waals surface area contributed by atoms with Crippen molar-refractivity contribution >= 4 is 23.1 Å². The molecule has 0 radical (unpaired) electrons. The van der Waals surface area contributed by atoms with Crippen molar-refractivity contribution in [3.05, 3.63) is 29.1 Å². The van der Waals surface area contributed by atoms with Crippen molar-refractivity contribution in [3.8, 4) is 0 Å². The van der Waals surface area contributed by atoms with Gasteiger partial charge >= 0.3 is 0 Å². The standard InChI is InChI=1S/C13H19N3OS/c1-8-5-6-11(10(3)15-8)13(17)16(4)9(2)7-12(14)18/h5-6,9H,7H2,1-4H3,(H2,14,18). The van der Waals surface area contributed by atoms with Crippen LogP contribution in [0.3, 0.4) is 0 Å². The van der Waals surface area contributed by atoms with Gasteiger partial charge < -0.3 is 10.6 Å². The molecule has 1 heterocycles. The van der Waals surface area contributed by atoms with E-state index < -0.39 is 0 Å². The molecule has 2 N–H and O–H groups in total. The molecule has 0 aromatic carbocycles. The largest absolute Gasteiger partial charge is 0.393 e. The molecule has 1 unspecified atom stereocenters. The maximum absolute atomic E-state index is 12.3. The molecule has 0 saturated carbocycles. The van der Waals surface area contributed by atoms with E-state index in [2.05, 4.69) is 4.98 Å². The fraction of sp³-hybridized carbons (Fsp3) is 0.462. The molecule has 1 atom stereocenters. The number of carbonyl (C=O) groups excluding carboxylic acids is 1. The fourth-order valence-corrected chi connectivity index (χ4v) is 1.97. The zero-order chi connectivity index (χ0) is 13.9. The summed E-state index contributed by atoms with van der Waals surface area (Å²) in [5, 5.41) is 0. The highest BCUT2D eigenvalue weighted by Crippen LogP contribution is 2.12. The van der Waals surface area contributed by atoms with E-state index >= 15 is 0 Å². The molecule has 0 bridgehead atoms. The van der Waals surface area contributed by atoms with Crippen LogP contribution in [0.4, 0.5) is 0 Å². The Morgan fingerprint density at radius 1 is 1.50 bits per heavy atom. The van der Waals surface area contributed by atoms with Gasteiger partial charge in [-0.2, -0.15) is 0 Å². The summed E-state index contributed by atoms with van der Waals surface area (Å²) in [4.78, 5) is 18.7. The monoisotopic (exact) mass is 265 g/mol. The number of pyridine rings is 1. The van der Waals surface area contributed by atoms with E-state index in [0.29, 0.717) is 17.0 Å². The zero-order valence-corrected chi connectivity index (χ0v) is 12.0. The Bertz CT molecular complexity index is 473. The zero-order valence-electron chi connectivity index (χ0n) is 11.2. The first kappa shape index (κ1) is 14.6. The molecule has 0 saturated heterocycles. The first-order valence-electron chi connectivity index (χ1n) is 5.82. The Morgan fingerprint density at radius 3 is 2.61 bits per heavy atom. The molecule has 98 valence electrons. The molecule has 0 spiro atoms. The van der Waals surface area contributed by atoms with Crippen LogP contribution in [0.1, 0.15) is 35.1 Å². The van der Waals surface area contributed by atoms with Gasteiger partial charge in [-0.25, -0.2) is 0 Å². The number of aryl methyl sites for hydroxylation is 2. The number of nitrogens with two attached hydrogens (primary N) is 1. The van der Waals surface area contributed by atoms with Crippen LogP contribution in [-0.2, 0) is 0 Å². The number of nitrogens with zero attached hydrogens (tertiary/aromatic N) is 2. The van der Waals surface area contributed by atoms with Gasteiger partial charge in [0.15, 0.2) is 0 Å². The highest BCUT2D eigenvalue weighted by molar-refractivity contribution is 7.80. The van der Waals surface area contributed by atoms with Gasteiger partial charge in [0.05, 0.1) is 16.2 Å². The number of carbonyl (C=O) groups is 1.